The summed E-state index contributed by atoms with van der Waals surface area (Å²) in [5, 5.41) is 6.13. The summed E-state index contributed by atoms with van der Waals surface area (Å²) in [6, 6.07) is 0. The molecule has 2 unspecified atom stereocenters. The van der Waals surface area contributed by atoms with Gasteiger partial charge in [-0.25, -0.2) is 0 Å². The second-order valence-electron chi connectivity index (χ2n) is 13.5. The predicted octanol–water partition coefficient (Wildman–Crippen LogP) is 5.53. The van der Waals surface area contributed by atoms with Crippen LogP contribution in [-0.2, 0) is 30.2 Å². The third-order valence-electron chi connectivity index (χ3n) is 4.75. The smallest absolute Gasteiger partial charge is 0.416 e. The van der Waals surface area contributed by atoms with E-state index in [1.54, 1.807) is 0 Å². The fourth-order valence-electron chi connectivity index (χ4n) is 3.80. The van der Waals surface area contributed by atoms with Crippen LogP contribution in [0.15, 0.2) is 25.3 Å². The number of amides is 2. The lowest BCUT2D eigenvalue weighted by molar-refractivity contribution is -0.117. The van der Waals surface area contributed by atoms with E-state index in [2.05, 4.69) is 102 Å². The molecule has 0 aromatic carbocycles. The highest BCUT2D eigenvalue weighted by Crippen LogP contribution is 2.35. The molecule has 2 N–H and O–H groups in total. The van der Waals surface area contributed by atoms with Crippen LogP contribution < -0.4 is 10.6 Å². The van der Waals surface area contributed by atoms with E-state index in [-0.39, 0.29) is 11.8 Å². The zero-order valence-electron chi connectivity index (χ0n) is 27.0. The number of carbonyl (C=O) groups excluding carboxylic acids is 2. The third kappa shape index (κ3) is 14.3. The van der Waals surface area contributed by atoms with Gasteiger partial charge in [-0.15, -0.1) is 0 Å². The van der Waals surface area contributed by atoms with Crippen LogP contribution in [-0.4, -0.2) is 74.0 Å². The average Bonchev–Trinajstić information content (AvgIpc) is 2.69. The van der Waals surface area contributed by atoms with Crippen molar-refractivity contribution in [3.8, 4) is 0 Å². The second-order valence-corrected chi connectivity index (χ2v) is 38.3. The summed E-state index contributed by atoms with van der Waals surface area (Å²) >= 11 is 0. The molecule has 39 heavy (non-hydrogen) atoms. The summed E-state index contributed by atoms with van der Waals surface area (Å²) in [6.07, 6.45) is 3.49. The van der Waals surface area contributed by atoms with Crippen molar-refractivity contribution in [2.24, 2.45) is 0 Å². The normalized spacial score (nSPS) is 15.3. The van der Waals surface area contributed by atoms with E-state index in [1.807, 2.05) is 13.8 Å². The molecular weight excluding hydrogens is 597 g/mol. The van der Waals surface area contributed by atoms with Crippen molar-refractivity contribution in [1.82, 2.24) is 10.6 Å². The highest BCUT2D eigenvalue weighted by molar-refractivity contribution is 6.93. The first-order valence-corrected chi connectivity index (χ1v) is 31.0. The maximum Gasteiger partial charge on any atom is 0.496 e. The Bertz CT molecular complexity index is 748. The van der Waals surface area contributed by atoms with Crippen molar-refractivity contribution in [2.45, 2.75) is 117 Å². The van der Waals surface area contributed by atoms with Gasteiger partial charge in [-0.1, -0.05) is 27.0 Å². The van der Waals surface area contributed by atoms with Crippen LogP contribution in [0.5, 0.6) is 0 Å². The lowest BCUT2D eigenvalue weighted by Crippen LogP contribution is -2.77. The van der Waals surface area contributed by atoms with Crippen molar-refractivity contribution in [2.75, 3.05) is 0 Å². The third-order valence-corrected chi connectivity index (χ3v) is 24.2. The van der Waals surface area contributed by atoms with E-state index in [1.165, 1.54) is 12.2 Å². The fourth-order valence-corrected chi connectivity index (χ4v) is 27.3. The van der Waals surface area contributed by atoms with E-state index in [9.17, 15) is 9.59 Å². The quantitative estimate of drug-likeness (QED) is 0.148. The summed E-state index contributed by atoms with van der Waals surface area (Å²) in [7, 11) is -17.0. The highest BCUT2D eigenvalue weighted by Gasteiger charge is 2.65. The minimum Gasteiger partial charge on any atom is -0.416 e. The predicted molar refractivity (Wildman–Crippen MR) is 175 cm³/mol. The number of carbonyl (C=O) groups is 2. The lowest BCUT2D eigenvalue weighted by atomic mass is 10.4. The Labute approximate surface area is 244 Å². The number of rotatable bonds is 18. The van der Waals surface area contributed by atoms with Crippen molar-refractivity contribution < 1.29 is 30.2 Å². The molecule has 0 aromatic heterocycles. The van der Waals surface area contributed by atoms with Gasteiger partial charge in [-0.05, 0) is 104 Å². The number of hydrogen-bond donors (Lipinski definition) is 2. The van der Waals surface area contributed by atoms with Crippen molar-refractivity contribution in [1.29, 1.82) is 0 Å². The van der Waals surface area contributed by atoms with E-state index in [0.717, 1.165) is 0 Å². The number of hydrogen-bond acceptors (Lipinski definition) is 7. The molecule has 0 radical (unpaired) electrons. The first kappa shape index (κ1) is 38.5. The van der Waals surface area contributed by atoms with Gasteiger partial charge in [-0.2, -0.15) is 0 Å². The molecule has 0 aromatic rings. The van der Waals surface area contributed by atoms with Crippen molar-refractivity contribution >= 4 is 62.7 Å². The Kier molecular flexibility index (Phi) is 14.4. The average molecular weight is 653 g/mol. The van der Waals surface area contributed by atoms with Crippen LogP contribution >= 0.6 is 0 Å². The number of nitrogens with one attached hydrogen (secondary N) is 2. The molecule has 0 saturated carbocycles. The van der Waals surface area contributed by atoms with Gasteiger partial charge in [0.1, 0.15) is 0 Å². The van der Waals surface area contributed by atoms with Crippen LogP contribution in [0.3, 0.4) is 0 Å². The van der Waals surface area contributed by atoms with E-state index < -0.39 is 62.2 Å². The van der Waals surface area contributed by atoms with Gasteiger partial charge in [0.25, 0.3) is 0 Å². The van der Waals surface area contributed by atoms with Gasteiger partial charge in [-0.3, -0.25) is 9.59 Å². The van der Waals surface area contributed by atoms with Gasteiger partial charge < -0.3 is 31.2 Å². The molecule has 9 nitrogen and oxygen atoms in total. The monoisotopic (exact) mass is 652 g/mol. The molecule has 15 heteroatoms. The topological polar surface area (TPSA) is 104 Å². The van der Waals surface area contributed by atoms with Gasteiger partial charge in [0, 0.05) is 0 Å². The van der Waals surface area contributed by atoms with Crippen molar-refractivity contribution in [3.63, 3.8) is 0 Å². The maximum atomic E-state index is 12.7. The Morgan fingerprint density at radius 1 is 0.564 bits per heavy atom. The van der Waals surface area contributed by atoms with Crippen LogP contribution in [0.2, 0.25) is 78.6 Å². The van der Waals surface area contributed by atoms with Crippen LogP contribution in [0.25, 0.3) is 0 Å². The molecule has 0 aliphatic heterocycles. The van der Waals surface area contributed by atoms with E-state index in [0.29, 0.717) is 12.8 Å². The molecular formula is C24H56N2O7Si6. The first-order chi connectivity index (χ1) is 17.4. The van der Waals surface area contributed by atoms with Gasteiger partial charge in [0.15, 0.2) is 33.3 Å². The van der Waals surface area contributed by atoms with Gasteiger partial charge in [0.05, 0.1) is 11.3 Å². The molecule has 0 bridgehead atoms. The minimum atomic E-state index is -3.83. The molecule has 0 aliphatic rings. The Hall–Kier alpha value is -0.479. The molecule has 228 valence electrons. The van der Waals surface area contributed by atoms with Crippen LogP contribution in [0.4, 0.5) is 0 Å². The van der Waals surface area contributed by atoms with Gasteiger partial charge in [0.2, 0.25) is 11.8 Å². The zero-order valence-corrected chi connectivity index (χ0v) is 33.0. The van der Waals surface area contributed by atoms with E-state index >= 15 is 0 Å². The molecule has 0 heterocycles. The molecule has 0 fully saturated rings. The van der Waals surface area contributed by atoms with E-state index in [4.69, 9.17) is 20.6 Å². The van der Waals surface area contributed by atoms with Crippen molar-refractivity contribution in [3.05, 3.63) is 25.3 Å². The highest BCUT2D eigenvalue weighted by atomic mass is 28.5. The minimum absolute atomic E-state index is 0.336. The summed E-state index contributed by atoms with van der Waals surface area (Å²) < 4.78 is 35.4. The molecule has 0 saturated heterocycles. The molecule has 0 rings (SSSR count). The largest absolute Gasteiger partial charge is 0.496 e. The first-order valence-electron chi connectivity index (χ1n) is 13.7. The Morgan fingerprint density at radius 2 is 0.795 bits per heavy atom. The van der Waals surface area contributed by atoms with Gasteiger partial charge >= 0.3 is 17.6 Å². The second kappa shape index (κ2) is 14.6. The summed E-state index contributed by atoms with van der Waals surface area (Å²) in [5.41, 5.74) is -1.15. The summed E-state index contributed by atoms with van der Waals surface area (Å²) in [5.74, 6) is -0.672. The lowest BCUT2D eigenvalue weighted by Gasteiger charge is -2.51. The maximum absolute atomic E-state index is 12.7. The summed E-state index contributed by atoms with van der Waals surface area (Å²) in [6.45, 7) is 36.1. The molecule has 0 spiro atoms. The standard InChI is InChI=1S/C24H56N2O7Si6/c1-17-21(27)25-23(19-3)38(29-34(5,6)7,30-35(8,9)10)33-39(31-36(11,12)13,32-37(14,15)16)24(20-4)26-22(28)18-2/h17-18,23-24H,1-2,19-20H2,3-16H3,(H,25,27)(H,26,28). The Balaban J connectivity index is 7.75. The summed E-state index contributed by atoms with van der Waals surface area (Å²) in [4.78, 5) is 25.4. The fraction of sp³-hybridized carbons (Fsp3) is 0.750. The SMILES string of the molecule is C=CC(=O)NC(CC)[Si](O[Si](C)(C)C)(O[Si](C)(C)C)O[Si](O[Si](C)(C)C)(O[Si](C)(C)C)C(CC)NC(=O)C=C. The van der Waals surface area contributed by atoms with Crippen LogP contribution in [0.1, 0.15) is 26.7 Å². The zero-order chi connectivity index (χ0) is 31.1. The van der Waals surface area contributed by atoms with Crippen LogP contribution in [0, 0.1) is 0 Å². The molecule has 2 atom stereocenters. The molecule has 0 aliphatic carbocycles. The molecule has 2 amide bonds. The Morgan fingerprint density at radius 3 is 0.949 bits per heavy atom.